The van der Waals surface area contributed by atoms with Crippen molar-refractivity contribution >= 4 is 41.4 Å². The summed E-state index contributed by atoms with van der Waals surface area (Å²) >= 11 is 1.47. The lowest BCUT2D eigenvalue weighted by Crippen LogP contribution is -2.56. The van der Waals surface area contributed by atoms with Gasteiger partial charge in [-0.1, -0.05) is 0 Å². The molecule has 0 aromatic heterocycles. The third kappa shape index (κ3) is 7.82. The van der Waals surface area contributed by atoms with Gasteiger partial charge in [0.05, 0.1) is 6.04 Å². The van der Waals surface area contributed by atoms with Crippen LogP contribution in [-0.2, 0) is 24.0 Å². The van der Waals surface area contributed by atoms with E-state index in [1.807, 2.05) is 6.26 Å². The first-order chi connectivity index (χ1) is 14.1. The molecule has 11 nitrogen and oxygen atoms in total. The van der Waals surface area contributed by atoms with Crippen molar-refractivity contribution in [2.75, 3.05) is 18.6 Å². The summed E-state index contributed by atoms with van der Waals surface area (Å²) in [4.78, 5) is 61.0. The first-order valence-electron chi connectivity index (χ1n) is 9.75. The minimum absolute atomic E-state index is 0.0490. The van der Waals surface area contributed by atoms with Crippen LogP contribution in [0.5, 0.6) is 0 Å². The number of carboxylic acid groups (broad SMARTS) is 1. The minimum atomic E-state index is -1.13. The average Bonchev–Trinajstić information content (AvgIpc) is 3.17. The zero-order valence-electron chi connectivity index (χ0n) is 17.3. The van der Waals surface area contributed by atoms with Crippen molar-refractivity contribution in [3.63, 3.8) is 0 Å². The van der Waals surface area contributed by atoms with Crippen molar-refractivity contribution in [2.24, 2.45) is 11.5 Å². The second-order valence-corrected chi connectivity index (χ2v) is 8.20. The molecular weight excluding hydrogens is 414 g/mol. The second-order valence-electron chi connectivity index (χ2n) is 7.21. The second kappa shape index (κ2) is 12.4. The number of primary amides is 1. The van der Waals surface area contributed by atoms with Crippen molar-refractivity contribution in [2.45, 2.75) is 63.2 Å². The molecule has 170 valence electrons. The molecule has 7 N–H and O–H groups in total. The van der Waals surface area contributed by atoms with Crippen LogP contribution >= 0.6 is 11.8 Å². The molecule has 1 heterocycles. The van der Waals surface area contributed by atoms with Crippen LogP contribution in [0.3, 0.4) is 0 Å². The number of carbonyl (C=O) groups excluding carboxylic acids is 4. The maximum Gasteiger partial charge on any atom is 0.326 e. The fourth-order valence-electron chi connectivity index (χ4n) is 3.12. The van der Waals surface area contributed by atoms with E-state index in [0.29, 0.717) is 25.1 Å². The molecule has 1 aliphatic rings. The summed E-state index contributed by atoms with van der Waals surface area (Å²) < 4.78 is 0. The topological polar surface area (TPSA) is 185 Å². The molecule has 4 amide bonds. The maximum absolute atomic E-state index is 12.8. The van der Waals surface area contributed by atoms with E-state index in [-0.39, 0.29) is 19.3 Å². The molecule has 1 aliphatic heterocycles. The average molecular weight is 446 g/mol. The van der Waals surface area contributed by atoms with Gasteiger partial charge in [0, 0.05) is 13.0 Å². The van der Waals surface area contributed by atoms with E-state index in [0.717, 1.165) is 0 Å². The fraction of sp³-hybridized carbons (Fsp3) is 0.722. The molecule has 1 rings (SSSR count). The van der Waals surface area contributed by atoms with E-state index >= 15 is 0 Å². The highest BCUT2D eigenvalue weighted by atomic mass is 32.2. The molecular formula is C18H31N5O6S. The van der Waals surface area contributed by atoms with Gasteiger partial charge in [-0.15, -0.1) is 0 Å². The first kappa shape index (κ1) is 25.7. The molecule has 1 fully saturated rings. The van der Waals surface area contributed by atoms with E-state index in [1.165, 1.54) is 23.6 Å². The minimum Gasteiger partial charge on any atom is -0.480 e. The Balaban J connectivity index is 2.69. The highest BCUT2D eigenvalue weighted by Gasteiger charge is 2.37. The van der Waals surface area contributed by atoms with Gasteiger partial charge in [0.2, 0.25) is 23.6 Å². The highest BCUT2D eigenvalue weighted by Crippen LogP contribution is 2.19. The van der Waals surface area contributed by atoms with Crippen LogP contribution in [0, 0.1) is 0 Å². The Morgan fingerprint density at radius 1 is 1.20 bits per heavy atom. The number of aliphatic carboxylic acids is 1. The summed E-state index contributed by atoms with van der Waals surface area (Å²) in [5.74, 6) is -2.71. The number of nitrogens with two attached hydrogens (primary N) is 2. The summed E-state index contributed by atoms with van der Waals surface area (Å²) in [5.41, 5.74) is 10.7. The highest BCUT2D eigenvalue weighted by molar-refractivity contribution is 7.98. The van der Waals surface area contributed by atoms with Crippen LogP contribution < -0.4 is 22.1 Å². The number of rotatable bonds is 12. The van der Waals surface area contributed by atoms with Crippen molar-refractivity contribution in [3.8, 4) is 0 Å². The number of nitrogens with zero attached hydrogens (tertiary/aromatic N) is 1. The van der Waals surface area contributed by atoms with Gasteiger partial charge in [-0.2, -0.15) is 11.8 Å². The van der Waals surface area contributed by atoms with E-state index in [9.17, 15) is 29.1 Å². The molecule has 0 aromatic carbocycles. The maximum atomic E-state index is 12.8. The van der Waals surface area contributed by atoms with E-state index < -0.39 is 53.8 Å². The van der Waals surface area contributed by atoms with Crippen LogP contribution in [0.25, 0.3) is 0 Å². The quantitative estimate of drug-likeness (QED) is 0.238. The normalized spacial score (nSPS) is 18.9. The Morgan fingerprint density at radius 2 is 1.87 bits per heavy atom. The van der Waals surface area contributed by atoms with Crippen molar-refractivity contribution < 1.29 is 29.1 Å². The summed E-state index contributed by atoms with van der Waals surface area (Å²) in [6, 6.07) is -3.74. The van der Waals surface area contributed by atoms with Gasteiger partial charge in [-0.25, -0.2) is 4.79 Å². The number of likely N-dealkylation sites (tertiary alicyclic amines) is 1. The van der Waals surface area contributed by atoms with E-state index in [2.05, 4.69) is 10.6 Å². The van der Waals surface area contributed by atoms with Gasteiger partial charge in [0.15, 0.2) is 0 Å². The summed E-state index contributed by atoms with van der Waals surface area (Å²) in [6.07, 6.45) is 3.12. The monoisotopic (exact) mass is 445 g/mol. The first-order valence-corrected chi connectivity index (χ1v) is 11.1. The number of hydrogen-bond acceptors (Lipinski definition) is 7. The molecule has 0 saturated carbocycles. The van der Waals surface area contributed by atoms with Gasteiger partial charge in [-0.3, -0.25) is 19.2 Å². The lowest BCUT2D eigenvalue weighted by atomic mass is 10.1. The fourth-order valence-corrected chi connectivity index (χ4v) is 3.60. The van der Waals surface area contributed by atoms with Gasteiger partial charge in [0.1, 0.15) is 18.1 Å². The molecule has 0 aliphatic carbocycles. The van der Waals surface area contributed by atoms with Gasteiger partial charge in [-0.05, 0) is 44.6 Å². The molecule has 4 unspecified atom stereocenters. The molecule has 0 spiro atoms. The molecule has 12 heteroatoms. The van der Waals surface area contributed by atoms with Crippen LogP contribution in [0.4, 0.5) is 0 Å². The van der Waals surface area contributed by atoms with Crippen molar-refractivity contribution in [1.82, 2.24) is 15.5 Å². The third-order valence-electron chi connectivity index (χ3n) is 4.83. The standard InChI is InChI=1S/C18H31N5O6S/c1-10(21-15(25)11(19)5-6-14(20)24)17(27)23-8-3-4-13(23)16(26)22-12(18(28)29)7-9-30-2/h10-13H,3-9,19H2,1-2H3,(H2,20,24)(H,21,25)(H,22,26)(H,28,29). The Kier molecular flexibility index (Phi) is 10.6. The molecule has 0 radical (unpaired) electrons. The summed E-state index contributed by atoms with van der Waals surface area (Å²) in [7, 11) is 0. The Morgan fingerprint density at radius 3 is 2.43 bits per heavy atom. The number of nitrogens with one attached hydrogen (secondary N) is 2. The van der Waals surface area contributed by atoms with Crippen molar-refractivity contribution in [3.05, 3.63) is 0 Å². The number of thioether (sulfide) groups is 1. The van der Waals surface area contributed by atoms with Crippen LogP contribution in [0.15, 0.2) is 0 Å². The Labute approximate surface area is 179 Å². The predicted octanol–water partition coefficient (Wildman–Crippen LogP) is -1.60. The molecule has 0 bridgehead atoms. The van der Waals surface area contributed by atoms with Gasteiger partial charge >= 0.3 is 5.97 Å². The predicted molar refractivity (Wildman–Crippen MR) is 111 cm³/mol. The molecule has 4 atom stereocenters. The lowest BCUT2D eigenvalue weighted by molar-refractivity contribution is -0.144. The number of carboxylic acids is 1. The summed E-state index contributed by atoms with van der Waals surface area (Å²) in [6.45, 7) is 1.81. The Bertz CT molecular complexity index is 661. The third-order valence-corrected chi connectivity index (χ3v) is 5.48. The zero-order valence-corrected chi connectivity index (χ0v) is 18.1. The lowest BCUT2D eigenvalue weighted by Gasteiger charge is -2.28. The SMILES string of the molecule is CSCCC(NC(=O)C1CCCN1C(=O)C(C)NC(=O)C(N)CCC(N)=O)C(=O)O. The van der Waals surface area contributed by atoms with Crippen LogP contribution in [-0.4, -0.2) is 82.3 Å². The molecule has 30 heavy (non-hydrogen) atoms. The number of carbonyl (C=O) groups is 5. The van der Waals surface area contributed by atoms with Gasteiger partial charge < -0.3 is 32.1 Å². The Hall–Kier alpha value is -2.34. The summed E-state index contributed by atoms with van der Waals surface area (Å²) in [5, 5.41) is 14.3. The molecule has 0 aromatic rings. The largest absolute Gasteiger partial charge is 0.480 e. The van der Waals surface area contributed by atoms with E-state index in [1.54, 1.807) is 0 Å². The van der Waals surface area contributed by atoms with Crippen molar-refractivity contribution in [1.29, 1.82) is 0 Å². The molecule has 1 saturated heterocycles. The van der Waals surface area contributed by atoms with Crippen LogP contribution in [0.2, 0.25) is 0 Å². The number of hydrogen-bond donors (Lipinski definition) is 5. The van der Waals surface area contributed by atoms with E-state index in [4.69, 9.17) is 11.5 Å². The number of amides is 4. The zero-order chi connectivity index (χ0) is 22.8. The van der Waals surface area contributed by atoms with Gasteiger partial charge in [0.25, 0.3) is 0 Å². The van der Waals surface area contributed by atoms with Crippen LogP contribution in [0.1, 0.15) is 39.0 Å². The smallest absolute Gasteiger partial charge is 0.326 e.